The summed E-state index contributed by atoms with van der Waals surface area (Å²) in [6.07, 6.45) is 2.30. The summed E-state index contributed by atoms with van der Waals surface area (Å²) >= 11 is 6.29. The van der Waals surface area contributed by atoms with Crippen LogP contribution in [-0.4, -0.2) is 18.1 Å². The summed E-state index contributed by atoms with van der Waals surface area (Å²) in [6, 6.07) is 9.22. The van der Waals surface area contributed by atoms with Crippen molar-refractivity contribution >= 4 is 28.5 Å². The summed E-state index contributed by atoms with van der Waals surface area (Å²) in [5.41, 5.74) is 2.71. The second kappa shape index (κ2) is 5.81. The van der Waals surface area contributed by atoms with E-state index in [0.29, 0.717) is 16.2 Å². The molecule has 1 aromatic carbocycles. The van der Waals surface area contributed by atoms with Gasteiger partial charge in [0.15, 0.2) is 5.58 Å². The fourth-order valence-electron chi connectivity index (χ4n) is 2.29. The topological polar surface area (TPSA) is 52.3 Å². The molecule has 2 aromatic heterocycles. The number of aryl methyl sites for hydroxylation is 1. The highest BCUT2D eigenvalue weighted by molar-refractivity contribution is 6.35. The monoisotopic (exact) mass is 315 g/mol. The summed E-state index contributed by atoms with van der Waals surface area (Å²) in [7, 11) is 1.34. The van der Waals surface area contributed by atoms with Gasteiger partial charge in [0, 0.05) is 23.6 Å². The van der Waals surface area contributed by atoms with E-state index >= 15 is 0 Å². The second-order valence-electron chi connectivity index (χ2n) is 4.87. The minimum absolute atomic E-state index is 0.407. The lowest BCUT2D eigenvalue weighted by atomic mass is 10.1. The summed E-state index contributed by atoms with van der Waals surface area (Å²) < 4.78 is 10.4. The standard InChI is InChI=1S/C17H14ClNO3/c1-3-13-7-12-6-11(8-14(18)16(12)22-13)15-5-4-10(9-19-15)17(20)21-2/h4-9H,3H2,1-2H3. The molecule has 3 rings (SSSR count). The number of esters is 1. The van der Waals surface area contributed by atoms with E-state index in [9.17, 15) is 4.79 Å². The van der Waals surface area contributed by atoms with Crippen LogP contribution in [0.1, 0.15) is 23.0 Å². The highest BCUT2D eigenvalue weighted by atomic mass is 35.5. The van der Waals surface area contributed by atoms with Gasteiger partial charge in [0.2, 0.25) is 0 Å². The molecule has 0 bridgehead atoms. The molecular formula is C17H14ClNO3. The van der Waals surface area contributed by atoms with Crippen LogP contribution in [0, 0.1) is 0 Å². The Bertz CT molecular complexity index is 837. The summed E-state index contributed by atoms with van der Waals surface area (Å²) in [5.74, 6) is 0.484. The molecule has 0 radical (unpaired) electrons. The predicted molar refractivity (Wildman–Crippen MR) is 85.2 cm³/mol. The third-order valence-electron chi connectivity index (χ3n) is 3.45. The molecule has 0 spiro atoms. The molecule has 112 valence electrons. The first-order chi connectivity index (χ1) is 10.6. The van der Waals surface area contributed by atoms with Crippen molar-refractivity contribution in [2.75, 3.05) is 7.11 Å². The number of aromatic nitrogens is 1. The van der Waals surface area contributed by atoms with Crippen molar-refractivity contribution in [2.45, 2.75) is 13.3 Å². The Kier molecular flexibility index (Phi) is 3.86. The van der Waals surface area contributed by atoms with Gasteiger partial charge in [-0.2, -0.15) is 0 Å². The maximum atomic E-state index is 11.4. The molecule has 0 unspecified atom stereocenters. The molecule has 0 aliphatic carbocycles. The van der Waals surface area contributed by atoms with E-state index in [-0.39, 0.29) is 0 Å². The summed E-state index contributed by atoms with van der Waals surface area (Å²) in [6.45, 7) is 2.03. The molecule has 0 aliphatic rings. The fourth-order valence-corrected chi connectivity index (χ4v) is 2.55. The number of furan rings is 1. The number of hydrogen-bond donors (Lipinski definition) is 0. The summed E-state index contributed by atoms with van der Waals surface area (Å²) in [4.78, 5) is 15.7. The Morgan fingerprint density at radius 3 is 2.77 bits per heavy atom. The number of benzene rings is 1. The molecule has 3 aromatic rings. The zero-order chi connectivity index (χ0) is 15.7. The van der Waals surface area contributed by atoms with E-state index in [1.165, 1.54) is 13.3 Å². The van der Waals surface area contributed by atoms with Gasteiger partial charge in [-0.3, -0.25) is 4.98 Å². The van der Waals surface area contributed by atoms with Crippen molar-refractivity contribution in [2.24, 2.45) is 0 Å². The molecule has 0 atom stereocenters. The molecule has 0 fully saturated rings. The first kappa shape index (κ1) is 14.6. The van der Waals surface area contributed by atoms with Crippen LogP contribution >= 0.6 is 11.6 Å². The van der Waals surface area contributed by atoms with Gasteiger partial charge in [-0.05, 0) is 30.3 Å². The first-order valence-corrected chi connectivity index (χ1v) is 7.27. The number of hydrogen-bond acceptors (Lipinski definition) is 4. The number of halogens is 1. The lowest BCUT2D eigenvalue weighted by Crippen LogP contribution is -2.01. The van der Waals surface area contributed by atoms with Crippen molar-refractivity contribution in [1.82, 2.24) is 4.98 Å². The largest absolute Gasteiger partial charge is 0.465 e. The molecule has 0 aliphatic heterocycles. The number of carbonyl (C=O) groups is 1. The molecule has 4 nitrogen and oxygen atoms in total. The van der Waals surface area contributed by atoms with Crippen LogP contribution < -0.4 is 0 Å². The number of pyridine rings is 1. The molecule has 5 heteroatoms. The Labute approximate surface area is 132 Å². The van der Waals surface area contributed by atoms with E-state index in [1.54, 1.807) is 12.1 Å². The van der Waals surface area contributed by atoms with Gasteiger partial charge in [-0.25, -0.2) is 4.79 Å². The normalized spacial score (nSPS) is 10.9. The van der Waals surface area contributed by atoms with Gasteiger partial charge in [0.05, 0.1) is 23.4 Å². The van der Waals surface area contributed by atoms with E-state index in [4.69, 9.17) is 16.0 Å². The second-order valence-corrected chi connectivity index (χ2v) is 5.27. The maximum Gasteiger partial charge on any atom is 0.339 e. The van der Waals surface area contributed by atoms with Crippen LogP contribution in [0.2, 0.25) is 5.02 Å². The molecule has 0 saturated carbocycles. The molecule has 22 heavy (non-hydrogen) atoms. The van der Waals surface area contributed by atoms with Crippen LogP contribution in [-0.2, 0) is 11.2 Å². The number of methoxy groups -OCH3 is 1. The Morgan fingerprint density at radius 1 is 1.32 bits per heavy atom. The van der Waals surface area contributed by atoms with Crippen molar-refractivity contribution in [3.63, 3.8) is 0 Å². The van der Waals surface area contributed by atoms with E-state index < -0.39 is 5.97 Å². The number of rotatable bonds is 3. The zero-order valence-corrected chi connectivity index (χ0v) is 13.0. The first-order valence-electron chi connectivity index (χ1n) is 6.89. The number of fused-ring (bicyclic) bond motifs is 1. The van der Waals surface area contributed by atoms with Crippen LogP contribution in [0.4, 0.5) is 0 Å². The van der Waals surface area contributed by atoms with Crippen LogP contribution in [0.3, 0.4) is 0 Å². The summed E-state index contributed by atoms with van der Waals surface area (Å²) in [5, 5.41) is 1.49. The number of carbonyl (C=O) groups excluding carboxylic acids is 1. The van der Waals surface area contributed by atoms with Gasteiger partial charge >= 0.3 is 5.97 Å². The van der Waals surface area contributed by atoms with Gasteiger partial charge in [0.25, 0.3) is 0 Å². The highest BCUT2D eigenvalue weighted by Crippen LogP contribution is 2.32. The Morgan fingerprint density at radius 2 is 2.14 bits per heavy atom. The van der Waals surface area contributed by atoms with Gasteiger partial charge < -0.3 is 9.15 Å². The third kappa shape index (κ3) is 2.57. The van der Waals surface area contributed by atoms with E-state index in [2.05, 4.69) is 9.72 Å². The zero-order valence-electron chi connectivity index (χ0n) is 12.2. The van der Waals surface area contributed by atoms with Gasteiger partial charge in [0.1, 0.15) is 5.76 Å². The van der Waals surface area contributed by atoms with Gasteiger partial charge in [-0.15, -0.1) is 0 Å². The van der Waals surface area contributed by atoms with Crippen LogP contribution in [0.15, 0.2) is 40.9 Å². The smallest absolute Gasteiger partial charge is 0.339 e. The minimum Gasteiger partial charge on any atom is -0.465 e. The van der Waals surface area contributed by atoms with Crippen molar-refractivity contribution in [3.8, 4) is 11.3 Å². The average Bonchev–Trinajstić information content (AvgIpc) is 2.98. The van der Waals surface area contributed by atoms with Crippen molar-refractivity contribution in [3.05, 3.63) is 52.9 Å². The van der Waals surface area contributed by atoms with Gasteiger partial charge in [-0.1, -0.05) is 18.5 Å². The molecular weight excluding hydrogens is 302 g/mol. The van der Waals surface area contributed by atoms with E-state index in [1.807, 2.05) is 25.1 Å². The Balaban J connectivity index is 2.04. The average molecular weight is 316 g/mol. The number of ether oxygens (including phenoxy) is 1. The fraction of sp³-hybridized carbons (Fsp3) is 0.176. The van der Waals surface area contributed by atoms with Crippen molar-refractivity contribution in [1.29, 1.82) is 0 Å². The number of nitrogens with zero attached hydrogens (tertiary/aromatic N) is 1. The molecule has 2 heterocycles. The maximum absolute atomic E-state index is 11.4. The lowest BCUT2D eigenvalue weighted by molar-refractivity contribution is 0.0600. The third-order valence-corrected chi connectivity index (χ3v) is 3.73. The minimum atomic E-state index is -0.407. The SMILES string of the molecule is CCc1cc2cc(-c3ccc(C(=O)OC)cn3)cc(Cl)c2o1. The molecule has 0 saturated heterocycles. The molecule has 0 N–H and O–H groups in total. The highest BCUT2D eigenvalue weighted by Gasteiger charge is 2.11. The predicted octanol–water partition coefficient (Wildman–Crippen LogP) is 4.50. The van der Waals surface area contributed by atoms with Crippen LogP contribution in [0.25, 0.3) is 22.2 Å². The quantitative estimate of drug-likeness (QED) is 0.668. The van der Waals surface area contributed by atoms with Crippen LogP contribution in [0.5, 0.6) is 0 Å². The Hall–Kier alpha value is -2.33. The molecule has 0 amide bonds. The lowest BCUT2D eigenvalue weighted by Gasteiger charge is -2.04. The van der Waals surface area contributed by atoms with E-state index in [0.717, 1.165) is 28.8 Å². The van der Waals surface area contributed by atoms with Crippen molar-refractivity contribution < 1.29 is 13.9 Å².